The van der Waals surface area contributed by atoms with Crippen LogP contribution in [0.5, 0.6) is 0 Å². The molecule has 20 heavy (non-hydrogen) atoms. The highest BCUT2D eigenvalue weighted by atomic mass is 16.2. The van der Waals surface area contributed by atoms with Gasteiger partial charge in [-0.25, -0.2) is 0 Å². The highest BCUT2D eigenvalue weighted by Gasteiger charge is 2.37. The van der Waals surface area contributed by atoms with Crippen LogP contribution < -0.4 is 0 Å². The fraction of sp³-hybridized carbons (Fsp3) is 0.500. The number of piperidine rings is 1. The molecule has 1 saturated heterocycles. The molecule has 1 aliphatic heterocycles. The van der Waals surface area contributed by atoms with Gasteiger partial charge in [-0.2, -0.15) is 5.10 Å². The van der Waals surface area contributed by atoms with Crippen LogP contribution in [0.2, 0.25) is 0 Å². The second-order valence-electron chi connectivity index (χ2n) is 6.07. The molecule has 104 valence electrons. The molecule has 1 aliphatic carbocycles. The van der Waals surface area contributed by atoms with Crippen LogP contribution in [0.15, 0.2) is 24.4 Å². The van der Waals surface area contributed by atoms with E-state index in [2.05, 4.69) is 15.1 Å². The molecule has 4 heteroatoms. The highest BCUT2D eigenvalue weighted by molar-refractivity contribution is 5.98. The Hall–Kier alpha value is -1.84. The van der Waals surface area contributed by atoms with Crippen molar-refractivity contribution < 1.29 is 4.79 Å². The lowest BCUT2D eigenvalue weighted by molar-refractivity contribution is 0.0548. The molecule has 1 aromatic carbocycles. The lowest BCUT2D eigenvalue weighted by atomic mass is 9.91. The van der Waals surface area contributed by atoms with Gasteiger partial charge in [0.1, 0.15) is 0 Å². The van der Waals surface area contributed by atoms with Crippen molar-refractivity contribution in [3.8, 4) is 0 Å². The molecule has 2 atom stereocenters. The normalized spacial score (nSPS) is 25.9. The molecule has 2 aliphatic rings. The van der Waals surface area contributed by atoms with E-state index in [4.69, 9.17) is 0 Å². The molecule has 0 bridgehead atoms. The van der Waals surface area contributed by atoms with Gasteiger partial charge in [0.2, 0.25) is 0 Å². The quantitative estimate of drug-likeness (QED) is 0.865. The molecular weight excluding hydrogens is 250 g/mol. The number of rotatable bonds is 1. The van der Waals surface area contributed by atoms with Crippen LogP contribution in [0, 0.1) is 5.92 Å². The van der Waals surface area contributed by atoms with Gasteiger partial charge < -0.3 is 4.90 Å². The van der Waals surface area contributed by atoms with Crippen LogP contribution in [0.4, 0.5) is 0 Å². The smallest absolute Gasteiger partial charge is 0.254 e. The summed E-state index contributed by atoms with van der Waals surface area (Å²) in [6.45, 7) is 0.918. The zero-order chi connectivity index (χ0) is 13.5. The molecule has 1 aromatic heterocycles. The lowest BCUT2D eigenvalue weighted by Gasteiger charge is -2.37. The second kappa shape index (κ2) is 4.62. The highest BCUT2D eigenvalue weighted by Crippen LogP contribution is 2.37. The molecule has 0 spiro atoms. The predicted molar refractivity (Wildman–Crippen MR) is 77.5 cm³/mol. The standard InChI is InChI=1S/C16H19N3O/c20-16(12-6-7-13-10-17-18-14(13)9-12)19-8-2-4-11-3-1-5-15(11)19/h6-7,9-11,15H,1-5,8H2,(H,17,18). The molecule has 2 fully saturated rings. The average Bonchev–Trinajstić information content (AvgIpc) is 3.13. The molecule has 0 radical (unpaired) electrons. The van der Waals surface area contributed by atoms with E-state index in [1.165, 1.54) is 25.7 Å². The zero-order valence-electron chi connectivity index (χ0n) is 11.5. The minimum atomic E-state index is 0.193. The number of hydrogen-bond acceptors (Lipinski definition) is 2. The van der Waals surface area contributed by atoms with E-state index >= 15 is 0 Å². The third-order valence-corrected chi connectivity index (χ3v) is 4.94. The summed E-state index contributed by atoms with van der Waals surface area (Å²) in [4.78, 5) is 14.9. The molecule has 2 aromatic rings. The second-order valence-corrected chi connectivity index (χ2v) is 6.07. The summed E-state index contributed by atoms with van der Waals surface area (Å²) in [5.74, 6) is 0.932. The first-order chi connectivity index (χ1) is 9.83. The van der Waals surface area contributed by atoms with Gasteiger partial charge in [-0.1, -0.05) is 12.5 Å². The minimum absolute atomic E-state index is 0.193. The Balaban J connectivity index is 1.65. The summed E-state index contributed by atoms with van der Waals surface area (Å²) in [6, 6.07) is 6.32. The fourth-order valence-corrected chi connectivity index (χ4v) is 3.94. The van der Waals surface area contributed by atoms with Crippen molar-refractivity contribution >= 4 is 16.8 Å². The number of H-pyrrole nitrogens is 1. The summed E-state index contributed by atoms with van der Waals surface area (Å²) >= 11 is 0. The Morgan fingerprint density at radius 1 is 1.25 bits per heavy atom. The molecular formula is C16H19N3O. The number of nitrogens with one attached hydrogen (secondary N) is 1. The van der Waals surface area contributed by atoms with E-state index in [1.54, 1.807) is 6.20 Å². The van der Waals surface area contributed by atoms with Crippen LogP contribution >= 0.6 is 0 Å². The molecule has 2 unspecified atom stereocenters. The SMILES string of the molecule is O=C(c1ccc2cn[nH]c2c1)N1CCCC2CCCC21. The predicted octanol–water partition coefficient (Wildman–Crippen LogP) is 2.97. The first-order valence-corrected chi connectivity index (χ1v) is 7.57. The summed E-state index contributed by atoms with van der Waals surface area (Å²) < 4.78 is 0. The van der Waals surface area contributed by atoms with E-state index in [9.17, 15) is 4.79 Å². The third-order valence-electron chi connectivity index (χ3n) is 4.94. The maximum Gasteiger partial charge on any atom is 0.254 e. The fourth-order valence-electron chi connectivity index (χ4n) is 3.94. The van der Waals surface area contributed by atoms with Crippen molar-refractivity contribution in [2.45, 2.75) is 38.1 Å². The molecule has 4 nitrogen and oxygen atoms in total. The van der Waals surface area contributed by atoms with Crippen molar-refractivity contribution in [2.24, 2.45) is 5.92 Å². The van der Waals surface area contributed by atoms with E-state index in [-0.39, 0.29) is 5.91 Å². The van der Waals surface area contributed by atoms with Crippen LogP contribution in [0.1, 0.15) is 42.5 Å². The van der Waals surface area contributed by atoms with Crippen molar-refractivity contribution in [1.29, 1.82) is 0 Å². The monoisotopic (exact) mass is 269 g/mol. The molecule has 2 heterocycles. The number of amides is 1. The number of carbonyl (C=O) groups is 1. The van der Waals surface area contributed by atoms with E-state index in [0.29, 0.717) is 6.04 Å². The largest absolute Gasteiger partial charge is 0.335 e. The van der Waals surface area contributed by atoms with Crippen LogP contribution in [0.3, 0.4) is 0 Å². The molecule has 1 N–H and O–H groups in total. The van der Waals surface area contributed by atoms with Crippen LogP contribution in [-0.2, 0) is 0 Å². The first kappa shape index (κ1) is 11.9. The Morgan fingerprint density at radius 2 is 2.15 bits per heavy atom. The maximum atomic E-state index is 12.8. The number of fused-ring (bicyclic) bond motifs is 2. The average molecular weight is 269 g/mol. The number of nitrogens with zero attached hydrogens (tertiary/aromatic N) is 2. The van der Waals surface area contributed by atoms with Crippen molar-refractivity contribution in [1.82, 2.24) is 15.1 Å². The van der Waals surface area contributed by atoms with Gasteiger partial charge in [0.15, 0.2) is 0 Å². The Labute approximate surface area is 118 Å². The minimum Gasteiger partial charge on any atom is -0.335 e. The van der Waals surface area contributed by atoms with E-state index < -0.39 is 0 Å². The van der Waals surface area contributed by atoms with Gasteiger partial charge in [0.25, 0.3) is 5.91 Å². The first-order valence-electron chi connectivity index (χ1n) is 7.57. The number of aromatic nitrogens is 2. The van der Waals surface area contributed by atoms with Crippen LogP contribution in [0.25, 0.3) is 10.9 Å². The number of benzene rings is 1. The molecule has 4 rings (SSSR count). The molecule has 1 amide bonds. The van der Waals surface area contributed by atoms with Crippen molar-refractivity contribution in [2.75, 3.05) is 6.54 Å². The van der Waals surface area contributed by atoms with Gasteiger partial charge in [-0.3, -0.25) is 9.89 Å². The van der Waals surface area contributed by atoms with Crippen molar-refractivity contribution in [3.63, 3.8) is 0 Å². The van der Waals surface area contributed by atoms with Crippen LogP contribution in [-0.4, -0.2) is 33.6 Å². The number of carbonyl (C=O) groups excluding carboxylic acids is 1. The Kier molecular flexibility index (Phi) is 2.76. The zero-order valence-corrected chi connectivity index (χ0v) is 11.5. The molecule has 1 saturated carbocycles. The summed E-state index contributed by atoms with van der Waals surface area (Å²) in [6.07, 6.45) is 8.00. The number of hydrogen-bond donors (Lipinski definition) is 1. The van der Waals surface area contributed by atoms with Gasteiger partial charge in [-0.15, -0.1) is 0 Å². The van der Waals surface area contributed by atoms with Gasteiger partial charge in [-0.05, 0) is 43.7 Å². The third kappa shape index (κ3) is 1.82. The number of likely N-dealkylation sites (tertiary alicyclic amines) is 1. The lowest BCUT2D eigenvalue weighted by Crippen LogP contribution is -2.46. The Bertz CT molecular complexity index is 648. The van der Waals surface area contributed by atoms with E-state index in [1.807, 2.05) is 18.2 Å². The number of aromatic amines is 1. The van der Waals surface area contributed by atoms with Gasteiger partial charge >= 0.3 is 0 Å². The van der Waals surface area contributed by atoms with Gasteiger partial charge in [0, 0.05) is 23.5 Å². The summed E-state index contributed by atoms with van der Waals surface area (Å²) in [7, 11) is 0. The Morgan fingerprint density at radius 3 is 3.10 bits per heavy atom. The van der Waals surface area contributed by atoms with Crippen molar-refractivity contribution in [3.05, 3.63) is 30.0 Å². The topological polar surface area (TPSA) is 49.0 Å². The van der Waals surface area contributed by atoms with Gasteiger partial charge in [0.05, 0.1) is 11.7 Å². The summed E-state index contributed by atoms with van der Waals surface area (Å²) in [5.41, 5.74) is 1.73. The summed E-state index contributed by atoms with van der Waals surface area (Å²) in [5, 5.41) is 8.02. The van der Waals surface area contributed by atoms with E-state index in [0.717, 1.165) is 35.3 Å². The maximum absolute atomic E-state index is 12.8.